The number of anilines is 2. The number of hydrogen-bond acceptors (Lipinski definition) is 6. The van der Waals surface area contributed by atoms with Crippen LogP contribution in [-0.4, -0.2) is 60.0 Å². The Hall–Kier alpha value is -2.84. The van der Waals surface area contributed by atoms with Gasteiger partial charge in [0.25, 0.3) is 0 Å². The Morgan fingerprint density at radius 2 is 1.74 bits per heavy atom. The first-order valence-corrected chi connectivity index (χ1v) is 13.7. The number of alkyl halides is 3. The lowest BCUT2D eigenvalue weighted by Gasteiger charge is -2.23. The number of hydrogen-bond donors (Lipinski definition) is 1. The molecular weight excluding hydrogens is 511 g/mol. The third kappa shape index (κ3) is 6.24. The fraction of sp³-hybridized carbons (Fsp3) is 0.381. The first-order chi connectivity index (χ1) is 16.2. The van der Waals surface area contributed by atoms with Crippen LogP contribution in [0.2, 0.25) is 0 Å². The summed E-state index contributed by atoms with van der Waals surface area (Å²) in [5.74, 6) is -0.800. The Kier molecular flexibility index (Phi) is 7.67. The van der Waals surface area contributed by atoms with Crippen LogP contribution < -0.4 is 14.4 Å². The quantitative estimate of drug-likeness (QED) is 0.556. The number of methoxy groups -OCH3 is 1. The number of amides is 1. The van der Waals surface area contributed by atoms with Gasteiger partial charge in [0.05, 0.1) is 35.2 Å². The molecule has 0 radical (unpaired) electrons. The highest BCUT2D eigenvalue weighted by molar-refractivity contribution is 7.92. The number of carbonyl (C=O) groups excluding carboxylic acids is 1. The van der Waals surface area contributed by atoms with E-state index in [0.717, 1.165) is 37.3 Å². The summed E-state index contributed by atoms with van der Waals surface area (Å²) < 4.78 is 96.6. The molecule has 0 aromatic heterocycles. The minimum absolute atomic E-state index is 0.0322. The van der Waals surface area contributed by atoms with Crippen LogP contribution in [0.4, 0.5) is 24.5 Å². The van der Waals surface area contributed by atoms with E-state index in [4.69, 9.17) is 4.74 Å². The van der Waals surface area contributed by atoms with Crippen molar-refractivity contribution in [3.05, 3.63) is 48.0 Å². The second kappa shape index (κ2) is 10.0. The largest absolute Gasteiger partial charge is 0.495 e. The fourth-order valence-corrected chi connectivity index (χ4v) is 5.97. The molecule has 14 heteroatoms. The minimum Gasteiger partial charge on any atom is -0.495 e. The fourth-order valence-electron chi connectivity index (χ4n) is 3.58. The van der Waals surface area contributed by atoms with Gasteiger partial charge in [0.1, 0.15) is 12.3 Å². The van der Waals surface area contributed by atoms with E-state index in [9.17, 15) is 34.8 Å². The van der Waals surface area contributed by atoms with E-state index >= 15 is 0 Å². The molecule has 192 valence electrons. The summed E-state index contributed by atoms with van der Waals surface area (Å²) in [6.45, 7) is -0.112. The summed E-state index contributed by atoms with van der Waals surface area (Å²) in [5, 5.41) is 2.41. The summed E-state index contributed by atoms with van der Waals surface area (Å²) in [6.07, 6.45) is -2.49. The second-order valence-corrected chi connectivity index (χ2v) is 11.7. The number of nitrogens with one attached hydrogen (secondary N) is 1. The van der Waals surface area contributed by atoms with Crippen molar-refractivity contribution in [2.75, 3.05) is 42.6 Å². The van der Waals surface area contributed by atoms with Gasteiger partial charge in [0.15, 0.2) is 0 Å². The maximum Gasteiger partial charge on any atom is 0.416 e. The zero-order chi connectivity index (χ0) is 26.0. The van der Waals surface area contributed by atoms with Crippen molar-refractivity contribution in [1.29, 1.82) is 0 Å². The molecule has 1 N–H and O–H groups in total. The number of rotatable bonds is 8. The van der Waals surface area contributed by atoms with E-state index < -0.39 is 44.2 Å². The van der Waals surface area contributed by atoms with Crippen LogP contribution in [-0.2, 0) is 31.0 Å². The minimum atomic E-state index is -4.71. The highest BCUT2D eigenvalue weighted by Crippen LogP contribution is 2.33. The lowest BCUT2D eigenvalue weighted by Crippen LogP contribution is -2.37. The summed E-state index contributed by atoms with van der Waals surface area (Å²) in [4.78, 5) is 12.7. The molecule has 9 nitrogen and oxygen atoms in total. The molecule has 1 aliphatic rings. The topological polar surface area (TPSA) is 113 Å². The maximum atomic E-state index is 13.1. The van der Waals surface area contributed by atoms with Gasteiger partial charge in [-0.05, 0) is 49.2 Å². The van der Waals surface area contributed by atoms with Crippen LogP contribution in [0.5, 0.6) is 5.75 Å². The molecule has 2 aromatic carbocycles. The molecule has 1 aliphatic heterocycles. The number of sulfonamides is 2. The molecule has 1 heterocycles. The van der Waals surface area contributed by atoms with E-state index in [1.807, 2.05) is 0 Å². The molecule has 3 rings (SSSR count). The average Bonchev–Trinajstić information content (AvgIpc) is 3.32. The van der Waals surface area contributed by atoms with Crippen LogP contribution in [0.3, 0.4) is 0 Å². The molecule has 1 saturated heterocycles. The number of carbonyl (C=O) groups is 1. The smallest absolute Gasteiger partial charge is 0.416 e. The molecule has 0 atom stereocenters. The maximum absolute atomic E-state index is 13.1. The van der Waals surface area contributed by atoms with Crippen molar-refractivity contribution in [1.82, 2.24) is 4.31 Å². The van der Waals surface area contributed by atoms with Crippen LogP contribution in [0, 0.1) is 0 Å². The Bertz CT molecular complexity index is 1310. The van der Waals surface area contributed by atoms with Crippen molar-refractivity contribution < 1.29 is 39.5 Å². The van der Waals surface area contributed by atoms with Crippen LogP contribution in [0.15, 0.2) is 47.4 Å². The van der Waals surface area contributed by atoms with Gasteiger partial charge in [0, 0.05) is 13.1 Å². The number of nitrogens with zero attached hydrogens (tertiary/aromatic N) is 2. The zero-order valence-electron chi connectivity index (χ0n) is 18.9. The molecular formula is C21H24F3N3O6S2. The molecule has 0 spiro atoms. The predicted octanol–water partition coefficient (Wildman–Crippen LogP) is 2.90. The van der Waals surface area contributed by atoms with E-state index in [-0.39, 0.29) is 22.0 Å². The van der Waals surface area contributed by atoms with Crippen LogP contribution in [0.25, 0.3) is 0 Å². The van der Waals surface area contributed by atoms with Gasteiger partial charge in [-0.1, -0.05) is 6.07 Å². The summed E-state index contributed by atoms with van der Waals surface area (Å²) in [7, 11) is -6.67. The Morgan fingerprint density at radius 3 is 2.31 bits per heavy atom. The van der Waals surface area contributed by atoms with E-state index in [0.29, 0.717) is 23.5 Å². The zero-order valence-corrected chi connectivity index (χ0v) is 20.5. The molecule has 0 saturated carbocycles. The van der Waals surface area contributed by atoms with E-state index in [1.165, 1.54) is 29.6 Å². The van der Waals surface area contributed by atoms with Crippen LogP contribution in [0.1, 0.15) is 18.4 Å². The lowest BCUT2D eigenvalue weighted by molar-refractivity contribution is -0.137. The van der Waals surface area contributed by atoms with Gasteiger partial charge in [0.2, 0.25) is 26.0 Å². The van der Waals surface area contributed by atoms with Crippen molar-refractivity contribution in [3.8, 4) is 5.75 Å². The SMILES string of the molecule is COc1ccc(S(=O)(=O)N2CCCC2)cc1NC(=O)CN(c1cccc(C(F)(F)F)c1)S(C)(=O)=O. The Labute approximate surface area is 201 Å². The molecule has 35 heavy (non-hydrogen) atoms. The highest BCUT2D eigenvalue weighted by atomic mass is 32.2. The first-order valence-electron chi connectivity index (χ1n) is 10.4. The van der Waals surface area contributed by atoms with Crippen molar-refractivity contribution in [3.63, 3.8) is 0 Å². The highest BCUT2D eigenvalue weighted by Gasteiger charge is 2.32. The van der Waals surface area contributed by atoms with E-state index in [2.05, 4.69) is 5.32 Å². The molecule has 2 aromatic rings. The Morgan fingerprint density at radius 1 is 1.09 bits per heavy atom. The Balaban J connectivity index is 1.89. The second-order valence-electron chi connectivity index (χ2n) is 7.84. The van der Waals surface area contributed by atoms with Gasteiger partial charge >= 0.3 is 6.18 Å². The van der Waals surface area contributed by atoms with Crippen molar-refractivity contribution in [2.24, 2.45) is 0 Å². The molecule has 1 amide bonds. The van der Waals surface area contributed by atoms with E-state index in [1.54, 1.807) is 0 Å². The molecule has 0 aliphatic carbocycles. The average molecular weight is 536 g/mol. The van der Waals surface area contributed by atoms with Crippen molar-refractivity contribution >= 4 is 37.3 Å². The number of benzene rings is 2. The summed E-state index contributed by atoms with van der Waals surface area (Å²) in [6, 6.07) is 7.43. The standard InChI is InChI=1S/C21H24F3N3O6S2/c1-33-19-9-8-17(35(31,32)26-10-3-4-11-26)13-18(19)25-20(28)14-27(34(2,29)30)16-7-5-6-15(12-16)21(22,23)24/h5-9,12-13H,3-4,10-11,14H2,1-2H3,(H,25,28). The number of halogens is 3. The third-order valence-electron chi connectivity index (χ3n) is 5.30. The van der Waals surface area contributed by atoms with Gasteiger partial charge in [-0.15, -0.1) is 0 Å². The molecule has 0 unspecified atom stereocenters. The first kappa shape index (κ1) is 26.8. The third-order valence-corrected chi connectivity index (χ3v) is 8.33. The molecule has 1 fully saturated rings. The molecule has 0 bridgehead atoms. The van der Waals surface area contributed by atoms with Gasteiger partial charge in [-0.3, -0.25) is 9.10 Å². The van der Waals surface area contributed by atoms with Gasteiger partial charge in [-0.25, -0.2) is 16.8 Å². The predicted molar refractivity (Wildman–Crippen MR) is 123 cm³/mol. The number of ether oxygens (including phenoxy) is 1. The van der Waals surface area contributed by atoms with Gasteiger partial charge < -0.3 is 10.1 Å². The normalized spacial score (nSPS) is 15.1. The van der Waals surface area contributed by atoms with Crippen LogP contribution >= 0.6 is 0 Å². The van der Waals surface area contributed by atoms with Gasteiger partial charge in [-0.2, -0.15) is 17.5 Å². The summed E-state index contributed by atoms with van der Waals surface area (Å²) >= 11 is 0. The monoisotopic (exact) mass is 535 g/mol. The lowest BCUT2D eigenvalue weighted by atomic mass is 10.2. The summed E-state index contributed by atoms with van der Waals surface area (Å²) in [5.41, 5.74) is -1.46. The van der Waals surface area contributed by atoms with Crippen molar-refractivity contribution in [2.45, 2.75) is 23.9 Å².